The second-order valence-corrected chi connectivity index (χ2v) is 9.58. The van der Waals surface area contributed by atoms with Gasteiger partial charge in [0, 0.05) is 44.3 Å². The molecule has 0 radical (unpaired) electrons. The molecule has 1 saturated carbocycles. The van der Waals surface area contributed by atoms with E-state index in [4.69, 9.17) is 4.74 Å². The van der Waals surface area contributed by atoms with Crippen LogP contribution in [0.2, 0.25) is 0 Å². The van der Waals surface area contributed by atoms with Crippen molar-refractivity contribution in [2.45, 2.75) is 39.0 Å². The van der Waals surface area contributed by atoms with E-state index in [2.05, 4.69) is 17.0 Å². The van der Waals surface area contributed by atoms with Crippen molar-refractivity contribution in [2.24, 2.45) is 11.8 Å². The van der Waals surface area contributed by atoms with E-state index in [-0.39, 0.29) is 23.7 Å². The van der Waals surface area contributed by atoms with Gasteiger partial charge in [-0.05, 0) is 49.9 Å². The van der Waals surface area contributed by atoms with Crippen molar-refractivity contribution in [1.29, 1.82) is 0 Å². The maximum absolute atomic E-state index is 13.7. The van der Waals surface area contributed by atoms with E-state index in [1.165, 1.54) is 5.56 Å². The van der Waals surface area contributed by atoms with Crippen molar-refractivity contribution in [3.63, 3.8) is 0 Å². The van der Waals surface area contributed by atoms with Crippen LogP contribution in [0.5, 0.6) is 5.75 Å². The Labute approximate surface area is 202 Å². The highest BCUT2D eigenvalue weighted by atomic mass is 16.5. The standard InChI is InChI=1S/C28H35N3O3/c1-2-34-26-14-8-7-13-25(26)29-17-19-30(20-18-29)27(32)22-10-4-5-11-23(22)28(33)31-16-15-21-9-3-6-12-24(21)31/h3,6-9,12-14,22-23H,2,4-5,10-11,15-20H2,1H3. The topological polar surface area (TPSA) is 53.1 Å². The first-order valence-corrected chi connectivity index (χ1v) is 12.8. The van der Waals surface area contributed by atoms with Crippen molar-refractivity contribution in [3.05, 3.63) is 54.1 Å². The quantitative estimate of drug-likeness (QED) is 0.672. The van der Waals surface area contributed by atoms with Crippen LogP contribution in [-0.4, -0.2) is 56.0 Å². The molecule has 2 aromatic rings. The van der Waals surface area contributed by atoms with Crippen molar-refractivity contribution < 1.29 is 14.3 Å². The summed E-state index contributed by atoms with van der Waals surface area (Å²) in [5, 5.41) is 0. The molecule has 6 heteroatoms. The fraction of sp³-hybridized carbons (Fsp3) is 0.500. The van der Waals surface area contributed by atoms with Gasteiger partial charge in [0.25, 0.3) is 0 Å². The monoisotopic (exact) mass is 461 g/mol. The molecule has 2 aromatic carbocycles. The third-order valence-electron chi connectivity index (χ3n) is 7.65. The molecule has 6 nitrogen and oxygen atoms in total. The van der Waals surface area contributed by atoms with Crippen LogP contribution in [0.15, 0.2) is 48.5 Å². The molecule has 2 unspecified atom stereocenters. The van der Waals surface area contributed by atoms with E-state index in [0.29, 0.717) is 19.7 Å². The number of carbonyl (C=O) groups is 2. The number of para-hydroxylation sites is 3. The Balaban J connectivity index is 1.26. The lowest BCUT2D eigenvalue weighted by molar-refractivity contribution is -0.143. The lowest BCUT2D eigenvalue weighted by atomic mass is 9.77. The number of ether oxygens (including phenoxy) is 1. The Bertz CT molecular complexity index is 1030. The van der Waals surface area contributed by atoms with Gasteiger partial charge in [0.05, 0.1) is 18.2 Å². The van der Waals surface area contributed by atoms with Gasteiger partial charge in [-0.1, -0.05) is 43.2 Å². The van der Waals surface area contributed by atoms with E-state index in [9.17, 15) is 9.59 Å². The second-order valence-electron chi connectivity index (χ2n) is 9.58. The zero-order chi connectivity index (χ0) is 23.5. The lowest BCUT2D eigenvalue weighted by Gasteiger charge is -2.40. The minimum atomic E-state index is -0.205. The first-order valence-electron chi connectivity index (χ1n) is 12.8. The average Bonchev–Trinajstić information content (AvgIpc) is 3.33. The van der Waals surface area contributed by atoms with Crippen LogP contribution in [0.25, 0.3) is 0 Å². The second kappa shape index (κ2) is 10.1. The molecule has 2 atom stereocenters. The molecule has 3 aliphatic rings. The number of carbonyl (C=O) groups excluding carboxylic acids is 2. The highest BCUT2D eigenvalue weighted by Gasteiger charge is 2.41. The van der Waals surface area contributed by atoms with Crippen LogP contribution in [0.4, 0.5) is 11.4 Å². The molecule has 0 aromatic heterocycles. The summed E-state index contributed by atoms with van der Waals surface area (Å²) in [7, 11) is 0. The molecule has 2 amide bonds. The number of hydrogen-bond acceptors (Lipinski definition) is 4. The van der Waals surface area contributed by atoms with E-state index in [1.807, 2.05) is 53.1 Å². The number of benzene rings is 2. The number of hydrogen-bond donors (Lipinski definition) is 0. The summed E-state index contributed by atoms with van der Waals surface area (Å²) in [5.74, 6) is 0.810. The van der Waals surface area contributed by atoms with Crippen LogP contribution >= 0.6 is 0 Å². The highest BCUT2D eigenvalue weighted by molar-refractivity contribution is 5.99. The number of rotatable bonds is 5. The van der Waals surface area contributed by atoms with Gasteiger partial charge in [0.2, 0.25) is 11.8 Å². The summed E-state index contributed by atoms with van der Waals surface area (Å²) in [5.41, 5.74) is 3.36. The van der Waals surface area contributed by atoms with E-state index in [1.54, 1.807) is 0 Å². The molecule has 34 heavy (non-hydrogen) atoms. The van der Waals surface area contributed by atoms with Gasteiger partial charge in [-0.3, -0.25) is 9.59 Å². The average molecular weight is 462 g/mol. The Morgan fingerprint density at radius 1 is 0.824 bits per heavy atom. The minimum absolute atomic E-state index is 0.146. The van der Waals surface area contributed by atoms with Gasteiger partial charge < -0.3 is 19.4 Å². The Morgan fingerprint density at radius 2 is 1.47 bits per heavy atom. The van der Waals surface area contributed by atoms with Crippen molar-refractivity contribution in [1.82, 2.24) is 4.90 Å². The summed E-state index contributed by atoms with van der Waals surface area (Å²) in [6.45, 7) is 6.28. The van der Waals surface area contributed by atoms with Crippen LogP contribution < -0.4 is 14.5 Å². The fourth-order valence-electron chi connectivity index (χ4n) is 5.89. The van der Waals surface area contributed by atoms with Crippen LogP contribution in [0.1, 0.15) is 38.2 Å². The molecule has 0 bridgehead atoms. The third-order valence-corrected chi connectivity index (χ3v) is 7.65. The largest absolute Gasteiger partial charge is 0.492 e. The predicted molar refractivity (Wildman–Crippen MR) is 134 cm³/mol. The third kappa shape index (κ3) is 4.38. The normalized spacial score (nSPS) is 22.4. The molecule has 180 valence electrons. The smallest absolute Gasteiger partial charge is 0.230 e. The van der Waals surface area contributed by atoms with Gasteiger partial charge in [-0.2, -0.15) is 0 Å². The van der Waals surface area contributed by atoms with Gasteiger partial charge in [-0.15, -0.1) is 0 Å². The molecular formula is C28H35N3O3. The van der Waals surface area contributed by atoms with Crippen LogP contribution in [-0.2, 0) is 16.0 Å². The Kier molecular flexibility index (Phi) is 6.75. The number of nitrogens with zero attached hydrogens (tertiary/aromatic N) is 3. The minimum Gasteiger partial charge on any atom is -0.492 e. The molecule has 1 saturated heterocycles. The fourth-order valence-corrected chi connectivity index (χ4v) is 5.89. The predicted octanol–water partition coefficient (Wildman–Crippen LogP) is 4.13. The van der Waals surface area contributed by atoms with Gasteiger partial charge in [-0.25, -0.2) is 0 Å². The van der Waals surface area contributed by atoms with E-state index >= 15 is 0 Å². The molecule has 2 fully saturated rings. The van der Waals surface area contributed by atoms with Crippen molar-refractivity contribution in [3.8, 4) is 5.75 Å². The number of piperazine rings is 1. The van der Waals surface area contributed by atoms with Gasteiger partial charge in [0.1, 0.15) is 5.75 Å². The number of amides is 2. The summed E-state index contributed by atoms with van der Waals surface area (Å²) < 4.78 is 5.81. The highest BCUT2D eigenvalue weighted by Crippen LogP contribution is 2.37. The van der Waals surface area contributed by atoms with Crippen LogP contribution in [0, 0.1) is 11.8 Å². The van der Waals surface area contributed by atoms with E-state index < -0.39 is 0 Å². The lowest BCUT2D eigenvalue weighted by Crippen LogP contribution is -2.53. The maximum atomic E-state index is 13.7. The molecular weight excluding hydrogens is 426 g/mol. The molecule has 2 aliphatic heterocycles. The Hall–Kier alpha value is -3.02. The van der Waals surface area contributed by atoms with Crippen molar-refractivity contribution in [2.75, 3.05) is 49.1 Å². The zero-order valence-corrected chi connectivity index (χ0v) is 20.1. The molecule has 2 heterocycles. The summed E-state index contributed by atoms with van der Waals surface area (Å²) >= 11 is 0. The Morgan fingerprint density at radius 3 is 2.21 bits per heavy atom. The SMILES string of the molecule is CCOc1ccccc1N1CCN(C(=O)C2CCCCC2C(=O)N2CCc3ccccc32)CC1. The van der Waals surface area contributed by atoms with Crippen molar-refractivity contribution >= 4 is 23.2 Å². The number of anilines is 2. The molecule has 0 N–H and O–H groups in total. The summed E-state index contributed by atoms with van der Waals surface area (Å²) in [6.07, 6.45) is 4.59. The molecule has 1 aliphatic carbocycles. The first-order chi connectivity index (χ1) is 16.7. The molecule has 5 rings (SSSR count). The van der Waals surface area contributed by atoms with E-state index in [0.717, 1.165) is 68.9 Å². The van der Waals surface area contributed by atoms with Gasteiger partial charge >= 0.3 is 0 Å². The summed E-state index contributed by atoms with van der Waals surface area (Å²) in [4.78, 5) is 33.5. The zero-order valence-electron chi connectivity index (χ0n) is 20.1. The first kappa shape index (κ1) is 22.8. The van der Waals surface area contributed by atoms with Gasteiger partial charge in [0.15, 0.2) is 0 Å². The maximum Gasteiger partial charge on any atom is 0.230 e. The summed E-state index contributed by atoms with van der Waals surface area (Å²) in [6, 6.07) is 16.3. The van der Waals surface area contributed by atoms with Crippen LogP contribution in [0.3, 0.4) is 0 Å². The number of fused-ring (bicyclic) bond motifs is 1. The molecule has 0 spiro atoms.